The van der Waals surface area contributed by atoms with Crippen LogP contribution in [0, 0.1) is 17.2 Å². The maximum absolute atomic E-state index is 12.1. The Labute approximate surface area is 99.2 Å². The highest BCUT2D eigenvalue weighted by atomic mass is 32.2. The predicted octanol–water partition coefficient (Wildman–Crippen LogP) is 1.67. The van der Waals surface area contributed by atoms with Crippen LogP contribution in [0.2, 0.25) is 0 Å². The van der Waals surface area contributed by atoms with Crippen LogP contribution in [-0.4, -0.2) is 25.8 Å². The van der Waals surface area contributed by atoms with Crippen LogP contribution in [0.25, 0.3) is 0 Å². The molecule has 0 bridgehead atoms. The van der Waals surface area contributed by atoms with Crippen molar-refractivity contribution < 1.29 is 8.42 Å². The minimum atomic E-state index is -3.36. The normalized spacial score (nSPS) is 22.8. The molecule has 86 valence electrons. The van der Waals surface area contributed by atoms with Crippen LogP contribution >= 0.6 is 11.3 Å². The van der Waals surface area contributed by atoms with E-state index in [0.717, 1.165) is 12.8 Å². The van der Waals surface area contributed by atoms with Crippen molar-refractivity contribution in [1.29, 1.82) is 5.26 Å². The second-order valence-electron chi connectivity index (χ2n) is 3.76. The highest BCUT2D eigenvalue weighted by molar-refractivity contribution is 7.91. The lowest BCUT2D eigenvalue weighted by Gasteiger charge is -2.28. The van der Waals surface area contributed by atoms with Gasteiger partial charge in [0.1, 0.15) is 4.21 Å². The summed E-state index contributed by atoms with van der Waals surface area (Å²) in [6.07, 6.45) is 1.57. The third kappa shape index (κ3) is 2.12. The Hall–Kier alpha value is -0.900. The van der Waals surface area contributed by atoms with E-state index in [0.29, 0.717) is 17.3 Å². The summed E-state index contributed by atoms with van der Waals surface area (Å²) in [6, 6.07) is 5.48. The molecule has 0 saturated carbocycles. The molecule has 0 radical (unpaired) electrons. The van der Waals surface area contributed by atoms with Crippen LogP contribution in [0.4, 0.5) is 0 Å². The summed E-state index contributed by atoms with van der Waals surface area (Å²) < 4.78 is 26.1. The van der Waals surface area contributed by atoms with Crippen LogP contribution in [0.3, 0.4) is 0 Å². The second-order valence-corrected chi connectivity index (χ2v) is 6.88. The SMILES string of the molecule is N#CC1CCCN(S(=O)(=O)c2cccs2)C1. The second kappa shape index (κ2) is 4.53. The molecular formula is C10H12N2O2S2. The van der Waals surface area contributed by atoms with Gasteiger partial charge in [0.05, 0.1) is 12.0 Å². The molecule has 0 spiro atoms. The van der Waals surface area contributed by atoms with E-state index in [-0.39, 0.29) is 5.92 Å². The zero-order valence-electron chi connectivity index (χ0n) is 8.67. The van der Waals surface area contributed by atoms with E-state index in [4.69, 9.17) is 5.26 Å². The Morgan fingerprint density at radius 3 is 3.00 bits per heavy atom. The highest BCUT2D eigenvalue weighted by Crippen LogP contribution is 2.25. The molecule has 1 atom stereocenters. The largest absolute Gasteiger partial charge is 0.252 e. The van der Waals surface area contributed by atoms with Gasteiger partial charge in [0.15, 0.2) is 0 Å². The lowest BCUT2D eigenvalue weighted by molar-refractivity contribution is 0.305. The fraction of sp³-hybridized carbons (Fsp3) is 0.500. The maximum Gasteiger partial charge on any atom is 0.252 e. The molecule has 1 aliphatic heterocycles. The van der Waals surface area contributed by atoms with Crippen molar-refractivity contribution in [2.45, 2.75) is 17.1 Å². The van der Waals surface area contributed by atoms with Gasteiger partial charge in [-0.05, 0) is 24.3 Å². The molecule has 6 heteroatoms. The molecule has 2 heterocycles. The van der Waals surface area contributed by atoms with E-state index >= 15 is 0 Å². The number of nitrogens with zero attached hydrogens (tertiary/aromatic N) is 2. The van der Waals surface area contributed by atoms with Crippen LogP contribution in [0.1, 0.15) is 12.8 Å². The van der Waals surface area contributed by atoms with Crippen LogP contribution < -0.4 is 0 Å². The Kier molecular flexibility index (Phi) is 3.28. The smallest absolute Gasteiger partial charge is 0.206 e. The number of piperidine rings is 1. The summed E-state index contributed by atoms with van der Waals surface area (Å²) in [5.74, 6) is -0.163. The summed E-state index contributed by atoms with van der Waals surface area (Å²) in [5.41, 5.74) is 0. The summed E-state index contributed by atoms with van der Waals surface area (Å²) in [5, 5.41) is 10.6. The summed E-state index contributed by atoms with van der Waals surface area (Å²) >= 11 is 1.22. The molecule has 1 aliphatic rings. The zero-order valence-corrected chi connectivity index (χ0v) is 10.3. The molecule has 1 saturated heterocycles. The molecule has 0 N–H and O–H groups in total. The summed E-state index contributed by atoms with van der Waals surface area (Å²) in [7, 11) is -3.36. The molecule has 1 unspecified atom stereocenters. The van der Waals surface area contributed by atoms with Crippen molar-refractivity contribution in [2.75, 3.05) is 13.1 Å². The average Bonchev–Trinajstić information content (AvgIpc) is 2.83. The molecule has 4 nitrogen and oxygen atoms in total. The number of nitriles is 1. The van der Waals surface area contributed by atoms with Gasteiger partial charge in [0.2, 0.25) is 0 Å². The third-order valence-electron chi connectivity index (χ3n) is 2.66. The van der Waals surface area contributed by atoms with E-state index in [1.54, 1.807) is 17.5 Å². The van der Waals surface area contributed by atoms with Gasteiger partial charge in [-0.15, -0.1) is 11.3 Å². The van der Waals surface area contributed by atoms with E-state index in [1.165, 1.54) is 15.6 Å². The molecule has 0 aromatic carbocycles. The minimum Gasteiger partial charge on any atom is -0.206 e. The molecule has 1 aromatic heterocycles. The third-order valence-corrected chi connectivity index (χ3v) is 5.89. The van der Waals surface area contributed by atoms with E-state index in [1.807, 2.05) is 0 Å². The standard InChI is InChI=1S/C10H12N2O2S2/c11-7-9-3-1-5-12(8-9)16(13,14)10-4-2-6-15-10/h2,4,6,9H,1,3,5,8H2. The Bertz CT molecular complexity index is 487. The maximum atomic E-state index is 12.1. The number of hydrogen-bond acceptors (Lipinski definition) is 4. The molecule has 2 rings (SSSR count). The van der Waals surface area contributed by atoms with Gasteiger partial charge in [0, 0.05) is 13.1 Å². The topological polar surface area (TPSA) is 61.2 Å². The first-order valence-corrected chi connectivity index (χ1v) is 7.40. The minimum absolute atomic E-state index is 0.163. The van der Waals surface area contributed by atoms with Crippen molar-refractivity contribution in [3.63, 3.8) is 0 Å². The van der Waals surface area contributed by atoms with Crippen molar-refractivity contribution in [2.24, 2.45) is 5.92 Å². The number of thiophene rings is 1. The van der Waals surface area contributed by atoms with E-state index in [9.17, 15) is 8.42 Å². The van der Waals surface area contributed by atoms with Gasteiger partial charge in [-0.2, -0.15) is 9.57 Å². The van der Waals surface area contributed by atoms with Crippen LogP contribution in [-0.2, 0) is 10.0 Å². The Morgan fingerprint density at radius 2 is 2.38 bits per heavy atom. The van der Waals surface area contributed by atoms with Gasteiger partial charge >= 0.3 is 0 Å². The summed E-state index contributed by atoms with van der Waals surface area (Å²) in [6.45, 7) is 0.856. The quantitative estimate of drug-likeness (QED) is 0.808. The van der Waals surface area contributed by atoms with Crippen LogP contribution in [0.5, 0.6) is 0 Å². The molecule has 1 aromatic rings. The fourth-order valence-corrected chi connectivity index (χ4v) is 4.47. The monoisotopic (exact) mass is 256 g/mol. The lowest BCUT2D eigenvalue weighted by atomic mass is 10.0. The van der Waals surface area contributed by atoms with Crippen molar-refractivity contribution in [3.8, 4) is 6.07 Å². The van der Waals surface area contributed by atoms with E-state index in [2.05, 4.69) is 6.07 Å². The lowest BCUT2D eigenvalue weighted by Crippen LogP contribution is -2.39. The molecule has 0 amide bonds. The molecular weight excluding hydrogens is 244 g/mol. The zero-order chi connectivity index (χ0) is 11.6. The highest BCUT2D eigenvalue weighted by Gasteiger charge is 2.30. The number of rotatable bonds is 2. The first-order valence-electron chi connectivity index (χ1n) is 5.08. The van der Waals surface area contributed by atoms with Crippen LogP contribution in [0.15, 0.2) is 21.7 Å². The van der Waals surface area contributed by atoms with Gasteiger partial charge in [-0.3, -0.25) is 0 Å². The Balaban J connectivity index is 2.22. The van der Waals surface area contributed by atoms with Gasteiger partial charge < -0.3 is 0 Å². The van der Waals surface area contributed by atoms with Crippen molar-refractivity contribution in [1.82, 2.24) is 4.31 Å². The molecule has 0 aliphatic carbocycles. The fourth-order valence-electron chi connectivity index (χ4n) is 1.80. The molecule has 16 heavy (non-hydrogen) atoms. The van der Waals surface area contributed by atoms with Crippen molar-refractivity contribution in [3.05, 3.63) is 17.5 Å². The number of hydrogen-bond donors (Lipinski definition) is 0. The van der Waals surface area contributed by atoms with E-state index < -0.39 is 10.0 Å². The molecule has 1 fully saturated rings. The van der Waals surface area contributed by atoms with Gasteiger partial charge in [-0.1, -0.05) is 6.07 Å². The first kappa shape index (κ1) is 11.6. The average molecular weight is 256 g/mol. The van der Waals surface area contributed by atoms with Gasteiger partial charge in [0.25, 0.3) is 10.0 Å². The van der Waals surface area contributed by atoms with Gasteiger partial charge in [-0.25, -0.2) is 8.42 Å². The Morgan fingerprint density at radius 1 is 1.56 bits per heavy atom. The van der Waals surface area contributed by atoms with Crippen molar-refractivity contribution >= 4 is 21.4 Å². The first-order chi connectivity index (χ1) is 7.64. The summed E-state index contributed by atoms with van der Waals surface area (Å²) in [4.78, 5) is 0. The predicted molar refractivity (Wildman–Crippen MR) is 61.4 cm³/mol. The number of sulfonamides is 1.